The van der Waals surface area contributed by atoms with E-state index in [9.17, 15) is 4.79 Å². The first-order valence-corrected chi connectivity index (χ1v) is 7.48. The highest BCUT2D eigenvalue weighted by atomic mass is 35.5. The minimum atomic E-state index is 0.0221. The zero-order valence-electron chi connectivity index (χ0n) is 11.8. The van der Waals surface area contributed by atoms with Gasteiger partial charge in [-0.1, -0.05) is 11.6 Å². The summed E-state index contributed by atoms with van der Waals surface area (Å²) in [5, 5.41) is 0.430. The van der Waals surface area contributed by atoms with E-state index in [2.05, 4.69) is 4.98 Å². The van der Waals surface area contributed by atoms with Crippen LogP contribution in [-0.4, -0.2) is 42.6 Å². The van der Waals surface area contributed by atoms with Crippen LogP contribution in [0.4, 0.5) is 0 Å². The second-order valence-corrected chi connectivity index (χ2v) is 5.66. The Balaban J connectivity index is 1.95. The Kier molecular flexibility index (Phi) is 5.80. The van der Waals surface area contributed by atoms with E-state index in [0.29, 0.717) is 16.5 Å². The Hall–Kier alpha value is -1.13. The molecule has 1 aromatic heterocycles. The van der Waals surface area contributed by atoms with E-state index in [1.54, 1.807) is 19.4 Å². The maximum absolute atomic E-state index is 12.5. The Morgan fingerprint density at radius 2 is 2.45 bits per heavy atom. The van der Waals surface area contributed by atoms with Gasteiger partial charge in [-0.3, -0.25) is 9.78 Å². The van der Waals surface area contributed by atoms with Gasteiger partial charge in [0.2, 0.25) is 0 Å². The molecule has 2 rings (SSSR count). The van der Waals surface area contributed by atoms with E-state index in [-0.39, 0.29) is 5.91 Å². The third kappa shape index (κ3) is 3.93. The summed E-state index contributed by atoms with van der Waals surface area (Å²) < 4.78 is 5.09. The lowest BCUT2D eigenvalue weighted by Gasteiger charge is -2.33. The van der Waals surface area contributed by atoms with Crippen LogP contribution in [0.15, 0.2) is 18.5 Å². The predicted molar refractivity (Wildman–Crippen MR) is 79.0 cm³/mol. The molecule has 20 heavy (non-hydrogen) atoms. The molecule has 1 atom stereocenters. The highest BCUT2D eigenvalue weighted by Gasteiger charge is 2.25. The molecular weight excluding hydrogens is 276 g/mol. The van der Waals surface area contributed by atoms with Gasteiger partial charge in [0.25, 0.3) is 5.91 Å². The van der Waals surface area contributed by atoms with Gasteiger partial charge in [-0.25, -0.2) is 0 Å². The zero-order chi connectivity index (χ0) is 14.4. The fraction of sp³-hybridized carbons (Fsp3) is 0.600. The molecule has 1 aliphatic heterocycles. The number of carbonyl (C=O) groups excluding carboxylic acids is 1. The molecule has 0 aliphatic carbocycles. The number of pyridine rings is 1. The first-order valence-electron chi connectivity index (χ1n) is 7.10. The van der Waals surface area contributed by atoms with Gasteiger partial charge in [0.05, 0.1) is 10.6 Å². The van der Waals surface area contributed by atoms with Crippen LogP contribution in [0.3, 0.4) is 0 Å². The number of likely N-dealkylation sites (tertiary alicyclic amines) is 1. The number of rotatable bonds is 5. The van der Waals surface area contributed by atoms with E-state index in [1.165, 1.54) is 12.6 Å². The number of methoxy groups -OCH3 is 1. The minimum Gasteiger partial charge on any atom is -0.385 e. The highest BCUT2D eigenvalue weighted by molar-refractivity contribution is 6.33. The van der Waals surface area contributed by atoms with E-state index >= 15 is 0 Å². The van der Waals surface area contributed by atoms with Crippen LogP contribution in [0, 0.1) is 5.92 Å². The van der Waals surface area contributed by atoms with Crippen molar-refractivity contribution in [1.82, 2.24) is 9.88 Å². The Morgan fingerprint density at radius 1 is 1.60 bits per heavy atom. The van der Waals surface area contributed by atoms with E-state index in [4.69, 9.17) is 16.3 Å². The number of ether oxygens (including phenoxy) is 1. The standard InChI is InChI=1S/C15H21ClN2O2/c1-20-9-3-5-12-4-2-8-18(11-12)15(19)13-6-7-17-10-14(13)16/h6-7,10,12H,2-5,8-9,11H2,1H3. The number of hydrogen-bond donors (Lipinski definition) is 0. The number of hydrogen-bond acceptors (Lipinski definition) is 3. The maximum atomic E-state index is 12.5. The molecule has 1 aromatic rings. The summed E-state index contributed by atoms with van der Waals surface area (Å²) in [6.07, 6.45) is 7.55. The fourth-order valence-electron chi connectivity index (χ4n) is 2.72. The third-order valence-electron chi connectivity index (χ3n) is 3.77. The zero-order valence-corrected chi connectivity index (χ0v) is 12.6. The van der Waals surface area contributed by atoms with Crippen LogP contribution in [0.25, 0.3) is 0 Å². The number of piperidine rings is 1. The number of halogens is 1. The van der Waals surface area contributed by atoms with Gasteiger partial charge in [-0.05, 0) is 37.7 Å². The smallest absolute Gasteiger partial charge is 0.255 e. The molecule has 0 spiro atoms. The number of amides is 1. The van der Waals surface area contributed by atoms with Gasteiger partial charge >= 0.3 is 0 Å². The van der Waals surface area contributed by atoms with Crippen LogP contribution >= 0.6 is 11.6 Å². The molecule has 0 aromatic carbocycles. The average Bonchev–Trinajstić information content (AvgIpc) is 2.48. The number of carbonyl (C=O) groups is 1. The summed E-state index contributed by atoms with van der Waals surface area (Å²) in [4.78, 5) is 18.3. The maximum Gasteiger partial charge on any atom is 0.255 e. The molecule has 0 saturated carbocycles. The Morgan fingerprint density at radius 3 is 3.20 bits per heavy atom. The second kappa shape index (κ2) is 7.60. The summed E-state index contributed by atoms with van der Waals surface area (Å²) >= 11 is 6.05. The number of nitrogens with zero attached hydrogens (tertiary/aromatic N) is 2. The van der Waals surface area contributed by atoms with Gasteiger partial charge < -0.3 is 9.64 Å². The fourth-order valence-corrected chi connectivity index (χ4v) is 2.92. The van der Waals surface area contributed by atoms with Crippen molar-refractivity contribution in [3.63, 3.8) is 0 Å². The molecule has 1 fully saturated rings. The SMILES string of the molecule is COCCCC1CCCN(C(=O)c2ccncc2Cl)C1. The van der Waals surface area contributed by atoms with Gasteiger partial charge in [-0.15, -0.1) is 0 Å². The van der Waals surface area contributed by atoms with Crippen LogP contribution in [0.1, 0.15) is 36.0 Å². The quantitative estimate of drug-likeness (QED) is 0.785. The molecule has 110 valence electrons. The Bertz CT molecular complexity index is 453. The van der Waals surface area contributed by atoms with Gasteiger partial charge in [0.1, 0.15) is 0 Å². The van der Waals surface area contributed by atoms with Crippen molar-refractivity contribution in [2.45, 2.75) is 25.7 Å². The van der Waals surface area contributed by atoms with Crippen molar-refractivity contribution in [2.75, 3.05) is 26.8 Å². The summed E-state index contributed by atoms with van der Waals surface area (Å²) in [6, 6.07) is 1.69. The van der Waals surface area contributed by atoms with E-state index in [0.717, 1.165) is 39.0 Å². The van der Waals surface area contributed by atoms with Crippen molar-refractivity contribution in [1.29, 1.82) is 0 Å². The molecule has 5 heteroatoms. The molecule has 0 radical (unpaired) electrons. The summed E-state index contributed by atoms with van der Waals surface area (Å²) in [7, 11) is 1.72. The molecule has 1 aliphatic rings. The van der Waals surface area contributed by atoms with Crippen molar-refractivity contribution in [2.24, 2.45) is 5.92 Å². The van der Waals surface area contributed by atoms with Gasteiger partial charge in [-0.2, -0.15) is 0 Å². The molecule has 2 heterocycles. The van der Waals surface area contributed by atoms with E-state index < -0.39 is 0 Å². The molecular formula is C15H21ClN2O2. The van der Waals surface area contributed by atoms with Crippen molar-refractivity contribution >= 4 is 17.5 Å². The summed E-state index contributed by atoms with van der Waals surface area (Å²) in [5.74, 6) is 0.595. The van der Waals surface area contributed by atoms with Crippen LogP contribution in [0.2, 0.25) is 5.02 Å². The summed E-state index contributed by atoms with van der Waals surface area (Å²) in [5.41, 5.74) is 0.555. The van der Waals surface area contributed by atoms with Crippen LogP contribution < -0.4 is 0 Å². The van der Waals surface area contributed by atoms with Crippen LogP contribution in [0.5, 0.6) is 0 Å². The van der Waals surface area contributed by atoms with Gasteiger partial charge in [0.15, 0.2) is 0 Å². The van der Waals surface area contributed by atoms with E-state index in [1.807, 2.05) is 4.90 Å². The molecule has 4 nitrogen and oxygen atoms in total. The topological polar surface area (TPSA) is 42.4 Å². The lowest BCUT2D eigenvalue weighted by atomic mass is 9.93. The average molecular weight is 297 g/mol. The van der Waals surface area contributed by atoms with Gasteiger partial charge in [0, 0.05) is 39.2 Å². The lowest BCUT2D eigenvalue weighted by molar-refractivity contribution is 0.0660. The minimum absolute atomic E-state index is 0.0221. The Labute approximate surface area is 125 Å². The first-order chi connectivity index (χ1) is 9.72. The lowest BCUT2D eigenvalue weighted by Crippen LogP contribution is -2.40. The third-order valence-corrected chi connectivity index (χ3v) is 4.07. The molecule has 0 N–H and O–H groups in total. The number of aromatic nitrogens is 1. The van der Waals surface area contributed by atoms with Crippen molar-refractivity contribution < 1.29 is 9.53 Å². The largest absolute Gasteiger partial charge is 0.385 e. The normalized spacial score (nSPS) is 19.1. The molecule has 1 amide bonds. The highest BCUT2D eigenvalue weighted by Crippen LogP contribution is 2.24. The molecule has 1 saturated heterocycles. The monoisotopic (exact) mass is 296 g/mol. The molecule has 1 unspecified atom stereocenters. The first kappa shape index (κ1) is 15.3. The van der Waals surface area contributed by atoms with Crippen molar-refractivity contribution in [3.05, 3.63) is 29.0 Å². The summed E-state index contributed by atoms with van der Waals surface area (Å²) in [6.45, 7) is 2.43. The van der Waals surface area contributed by atoms with Crippen LogP contribution in [-0.2, 0) is 4.74 Å². The predicted octanol–water partition coefficient (Wildman–Crippen LogP) is 3.01. The molecule has 0 bridgehead atoms. The van der Waals surface area contributed by atoms with Crippen molar-refractivity contribution in [3.8, 4) is 0 Å². The second-order valence-electron chi connectivity index (χ2n) is 5.25.